The molecule has 0 aromatic heterocycles. The normalized spacial score (nSPS) is 15.4. The number of hydrogen-bond donors (Lipinski definition) is 2. The number of amides is 1. The molecular formula is C16H20N2O3. The van der Waals surface area contributed by atoms with Gasteiger partial charge in [-0.05, 0) is 36.6 Å². The third kappa shape index (κ3) is 4.34. The van der Waals surface area contributed by atoms with Gasteiger partial charge in [0.2, 0.25) is 5.91 Å². The number of carboxylic acid groups (broad SMARTS) is 1. The second kappa shape index (κ2) is 6.92. The first-order chi connectivity index (χ1) is 10.1. The lowest BCUT2D eigenvalue weighted by Crippen LogP contribution is -2.41. The van der Waals surface area contributed by atoms with E-state index in [4.69, 9.17) is 10.8 Å². The summed E-state index contributed by atoms with van der Waals surface area (Å²) in [6, 6.07) is 7.23. The fourth-order valence-electron chi connectivity index (χ4n) is 2.67. The fraction of sp³-hybridized carbons (Fsp3) is 0.375. The van der Waals surface area contributed by atoms with Crippen LogP contribution in [0.2, 0.25) is 0 Å². The van der Waals surface area contributed by atoms with Gasteiger partial charge in [0.15, 0.2) is 0 Å². The molecular weight excluding hydrogens is 268 g/mol. The number of carbonyl (C=O) groups excluding carboxylic acids is 1. The van der Waals surface area contributed by atoms with Crippen LogP contribution in [0, 0.1) is 0 Å². The Balaban J connectivity index is 2.08. The van der Waals surface area contributed by atoms with Crippen molar-refractivity contribution >= 4 is 23.6 Å². The highest BCUT2D eigenvalue weighted by Crippen LogP contribution is 2.23. The van der Waals surface area contributed by atoms with Gasteiger partial charge in [-0.2, -0.15) is 0 Å². The highest BCUT2D eigenvalue weighted by atomic mass is 16.4. The lowest BCUT2D eigenvalue weighted by Gasteiger charge is -2.26. The van der Waals surface area contributed by atoms with Crippen molar-refractivity contribution in [1.82, 2.24) is 4.90 Å². The molecule has 0 atom stereocenters. The van der Waals surface area contributed by atoms with Gasteiger partial charge in [-0.1, -0.05) is 25.0 Å². The third-order valence-electron chi connectivity index (χ3n) is 3.68. The van der Waals surface area contributed by atoms with E-state index < -0.39 is 5.97 Å². The molecule has 1 aliphatic rings. The van der Waals surface area contributed by atoms with E-state index in [-0.39, 0.29) is 18.5 Å². The number of rotatable bonds is 5. The Morgan fingerprint density at radius 3 is 2.67 bits per heavy atom. The van der Waals surface area contributed by atoms with Crippen LogP contribution in [0.25, 0.3) is 6.08 Å². The average molecular weight is 288 g/mol. The quantitative estimate of drug-likeness (QED) is 0.642. The van der Waals surface area contributed by atoms with Gasteiger partial charge in [-0.25, -0.2) is 0 Å². The van der Waals surface area contributed by atoms with Crippen molar-refractivity contribution in [2.75, 3.05) is 12.3 Å². The van der Waals surface area contributed by atoms with Gasteiger partial charge in [0.1, 0.15) is 6.54 Å². The summed E-state index contributed by atoms with van der Waals surface area (Å²) in [5, 5.41) is 8.98. The molecule has 1 saturated carbocycles. The lowest BCUT2D eigenvalue weighted by atomic mass is 10.1. The number of aliphatic carboxylic acids is 1. The van der Waals surface area contributed by atoms with Crippen molar-refractivity contribution in [1.29, 1.82) is 0 Å². The zero-order chi connectivity index (χ0) is 15.2. The van der Waals surface area contributed by atoms with Crippen LogP contribution in [0.1, 0.15) is 31.2 Å². The summed E-state index contributed by atoms with van der Waals surface area (Å²) in [5.74, 6) is -1.24. The van der Waals surface area contributed by atoms with Gasteiger partial charge in [-0.15, -0.1) is 0 Å². The maximum Gasteiger partial charge on any atom is 0.323 e. The second-order valence-corrected chi connectivity index (χ2v) is 5.30. The molecule has 0 saturated heterocycles. The van der Waals surface area contributed by atoms with E-state index in [1.54, 1.807) is 18.2 Å². The molecule has 21 heavy (non-hydrogen) atoms. The van der Waals surface area contributed by atoms with E-state index in [9.17, 15) is 9.59 Å². The van der Waals surface area contributed by atoms with Gasteiger partial charge >= 0.3 is 5.97 Å². The molecule has 1 aromatic carbocycles. The molecule has 0 unspecified atom stereocenters. The van der Waals surface area contributed by atoms with Crippen molar-refractivity contribution in [2.24, 2.45) is 0 Å². The van der Waals surface area contributed by atoms with Crippen LogP contribution in [0.4, 0.5) is 5.69 Å². The molecule has 1 fully saturated rings. The summed E-state index contributed by atoms with van der Waals surface area (Å²) >= 11 is 0. The summed E-state index contributed by atoms with van der Waals surface area (Å²) < 4.78 is 0. The largest absolute Gasteiger partial charge is 0.480 e. The van der Waals surface area contributed by atoms with Crippen LogP contribution in [0.3, 0.4) is 0 Å². The fourth-order valence-corrected chi connectivity index (χ4v) is 2.67. The Morgan fingerprint density at radius 1 is 1.33 bits per heavy atom. The van der Waals surface area contributed by atoms with Crippen molar-refractivity contribution < 1.29 is 14.7 Å². The smallest absolute Gasteiger partial charge is 0.323 e. The standard InChI is InChI=1S/C16H20N2O3/c17-13-5-3-4-12(10-13)8-9-15(19)18(11-16(20)21)14-6-1-2-7-14/h3-5,8-10,14H,1-2,6-7,11,17H2,(H,20,21)/b9-8+. The zero-order valence-electron chi connectivity index (χ0n) is 11.9. The number of hydrogen-bond acceptors (Lipinski definition) is 3. The second-order valence-electron chi connectivity index (χ2n) is 5.30. The van der Waals surface area contributed by atoms with Crippen molar-refractivity contribution in [3.8, 4) is 0 Å². The first-order valence-corrected chi connectivity index (χ1v) is 7.12. The molecule has 0 bridgehead atoms. The zero-order valence-corrected chi connectivity index (χ0v) is 11.9. The summed E-state index contributed by atoms with van der Waals surface area (Å²) in [6.07, 6.45) is 6.95. The van der Waals surface area contributed by atoms with E-state index in [0.29, 0.717) is 5.69 Å². The van der Waals surface area contributed by atoms with E-state index in [0.717, 1.165) is 31.2 Å². The molecule has 3 N–H and O–H groups in total. The van der Waals surface area contributed by atoms with Crippen LogP contribution in [-0.2, 0) is 9.59 Å². The number of nitrogens with zero attached hydrogens (tertiary/aromatic N) is 1. The van der Waals surface area contributed by atoms with Gasteiger partial charge in [-0.3, -0.25) is 9.59 Å². The third-order valence-corrected chi connectivity index (χ3v) is 3.68. The van der Waals surface area contributed by atoms with Crippen LogP contribution in [-0.4, -0.2) is 34.5 Å². The average Bonchev–Trinajstić information content (AvgIpc) is 2.96. The molecule has 1 amide bonds. The molecule has 1 aliphatic carbocycles. The highest BCUT2D eigenvalue weighted by molar-refractivity contribution is 5.93. The summed E-state index contributed by atoms with van der Waals surface area (Å²) in [5.41, 5.74) is 7.13. The Hall–Kier alpha value is -2.30. The first kappa shape index (κ1) is 15.1. The maximum atomic E-state index is 12.3. The van der Waals surface area contributed by atoms with Crippen molar-refractivity contribution in [3.05, 3.63) is 35.9 Å². The molecule has 5 heteroatoms. The first-order valence-electron chi connectivity index (χ1n) is 7.12. The molecule has 2 rings (SSSR count). The lowest BCUT2D eigenvalue weighted by molar-refractivity contribution is -0.144. The van der Waals surface area contributed by atoms with Crippen LogP contribution in [0.15, 0.2) is 30.3 Å². The van der Waals surface area contributed by atoms with Crippen LogP contribution in [0.5, 0.6) is 0 Å². The van der Waals surface area contributed by atoms with E-state index in [1.165, 1.54) is 11.0 Å². The van der Waals surface area contributed by atoms with Gasteiger partial charge in [0.25, 0.3) is 0 Å². The summed E-state index contributed by atoms with van der Waals surface area (Å²) in [7, 11) is 0. The van der Waals surface area contributed by atoms with Crippen LogP contribution >= 0.6 is 0 Å². The number of carboxylic acids is 1. The summed E-state index contributed by atoms with van der Waals surface area (Å²) in [4.78, 5) is 24.7. The SMILES string of the molecule is Nc1cccc(/C=C/C(=O)N(CC(=O)O)C2CCCC2)c1. The molecule has 5 nitrogen and oxygen atoms in total. The minimum Gasteiger partial charge on any atom is -0.480 e. The van der Waals surface area contributed by atoms with Gasteiger partial charge in [0, 0.05) is 17.8 Å². The number of nitrogen functional groups attached to an aromatic ring is 1. The number of nitrogens with two attached hydrogens (primary N) is 1. The molecule has 1 aromatic rings. The topological polar surface area (TPSA) is 83.6 Å². The predicted molar refractivity (Wildman–Crippen MR) is 81.5 cm³/mol. The minimum absolute atomic E-state index is 0.0408. The van der Waals surface area contributed by atoms with Crippen LogP contribution < -0.4 is 5.73 Å². The minimum atomic E-state index is -0.979. The number of carbonyl (C=O) groups is 2. The van der Waals surface area contributed by atoms with E-state index >= 15 is 0 Å². The van der Waals surface area contributed by atoms with Crippen molar-refractivity contribution in [3.63, 3.8) is 0 Å². The Labute approximate surface area is 124 Å². The molecule has 0 heterocycles. The highest BCUT2D eigenvalue weighted by Gasteiger charge is 2.26. The van der Waals surface area contributed by atoms with Crippen molar-refractivity contribution in [2.45, 2.75) is 31.7 Å². The Bertz CT molecular complexity index is 548. The van der Waals surface area contributed by atoms with Gasteiger partial charge in [0.05, 0.1) is 0 Å². The van der Waals surface area contributed by atoms with Gasteiger partial charge < -0.3 is 15.7 Å². The number of benzene rings is 1. The maximum absolute atomic E-state index is 12.3. The molecule has 0 aliphatic heterocycles. The molecule has 112 valence electrons. The number of anilines is 1. The molecule has 0 spiro atoms. The Morgan fingerprint density at radius 2 is 2.05 bits per heavy atom. The summed E-state index contributed by atoms with van der Waals surface area (Å²) in [6.45, 7) is -0.245. The monoisotopic (exact) mass is 288 g/mol. The van der Waals surface area contributed by atoms with E-state index in [1.807, 2.05) is 12.1 Å². The Kier molecular flexibility index (Phi) is 4.98. The predicted octanol–water partition coefficient (Wildman–Crippen LogP) is 2.14. The van der Waals surface area contributed by atoms with E-state index in [2.05, 4.69) is 0 Å². The molecule has 0 radical (unpaired) electrons.